The summed E-state index contributed by atoms with van der Waals surface area (Å²) < 4.78 is 0. The van der Waals surface area contributed by atoms with Crippen LogP contribution in [0, 0.1) is 6.92 Å². The highest BCUT2D eigenvalue weighted by atomic mass is 35.5. The highest BCUT2D eigenvalue weighted by Crippen LogP contribution is 2.25. The van der Waals surface area contributed by atoms with Gasteiger partial charge in [-0.1, -0.05) is 17.7 Å². The summed E-state index contributed by atoms with van der Waals surface area (Å²) in [5.74, 6) is 0.102. The van der Waals surface area contributed by atoms with Gasteiger partial charge in [-0.15, -0.1) is 0 Å². The average Bonchev–Trinajstić information content (AvgIpc) is 3.11. The molecule has 0 spiro atoms. The molecule has 0 aliphatic carbocycles. The molecule has 0 radical (unpaired) electrons. The topological polar surface area (TPSA) is 39.3 Å². The van der Waals surface area contributed by atoms with Crippen molar-refractivity contribution in [1.29, 1.82) is 0 Å². The van der Waals surface area contributed by atoms with Crippen LogP contribution in [-0.4, -0.2) is 42.0 Å². The van der Waals surface area contributed by atoms with Crippen molar-refractivity contribution in [3.05, 3.63) is 64.8 Å². The van der Waals surface area contributed by atoms with Gasteiger partial charge in [0.05, 0.1) is 0 Å². The summed E-state index contributed by atoms with van der Waals surface area (Å²) in [5, 5.41) is 1.82. The maximum atomic E-state index is 12.8. The van der Waals surface area contributed by atoms with E-state index in [2.05, 4.69) is 16.8 Å². The molecule has 25 heavy (non-hydrogen) atoms. The van der Waals surface area contributed by atoms with Gasteiger partial charge in [-0.3, -0.25) is 4.79 Å². The number of hydrogen-bond donors (Lipinski definition) is 1. The van der Waals surface area contributed by atoms with E-state index >= 15 is 0 Å². The van der Waals surface area contributed by atoms with Crippen LogP contribution in [0.25, 0.3) is 10.9 Å². The van der Waals surface area contributed by atoms with Crippen molar-refractivity contribution in [2.75, 3.05) is 31.1 Å². The van der Waals surface area contributed by atoms with Crippen LogP contribution in [0.15, 0.2) is 48.7 Å². The number of nitrogens with zero attached hydrogens (tertiary/aromatic N) is 2. The Bertz CT molecular complexity index is 926. The first kappa shape index (κ1) is 16.0. The molecule has 1 N–H and O–H groups in total. The minimum absolute atomic E-state index is 0.102. The largest absolute Gasteiger partial charge is 0.368 e. The average molecular weight is 354 g/mol. The number of hydrogen-bond acceptors (Lipinski definition) is 2. The zero-order valence-electron chi connectivity index (χ0n) is 14.1. The first-order chi connectivity index (χ1) is 12.1. The number of carbonyl (C=O) groups excluding carboxylic acids is 1. The zero-order valence-corrected chi connectivity index (χ0v) is 14.9. The number of aromatic amines is 1. The molecule has 1 aliphatic heterocycles. The second kappa shape index (κ2) is 6.45. The lowest BCUT2D eigenvalue weighted by Crippen LogP contribution is -2.49. The summed E-state index contributed by atoms with van der Waals surface area (Å²) in [7, 11) is 0. The molecule has 4 nitrogen and oxygen atoms in total. The lowest BCUT2D eigenvalue weighted by molar-refractivity contribution is 0.0747. The van der Waals surface area contributed by atoms with Gasteiger partial charge in [0.15, 0.2) is 0 Å². The summed E-state index contributed by atoms with van der Waals surface area (Å²) in [5.41, 5.74) is 4.17. The fourth-order valence-corrected chi connectivity index (χ4v) is 3.61. The summed E-state index contributed by atoms with van der Waals surface area (Å²) >= 11 is 6.14. The van der Waals surface area contributed by atoms with E-state index in [-0.39, 0.29) is 5.91 Å². The molecule has 1 aliphatic rings. The van der Waals surface area contributed by atoms with Crippen LogP contribution in [0.4, 0.5) is 5.69 Å². The van der Waals surface area contributed by atoms with Crippen molar-refractivity contribution < 1.29 is 4.79 Å². The van der Waals surface area contributed by atoms with E-state index in [0.29, 0.717) is 0 Å². The summed E-state index contributed by atoms with van der Waals surface area (Å²) in [6, 6.07) is 13.8. The molecular formula is C20H20ClN3O. The van der Waals surface area contributed by atoms with E-state index in [0.717, 1.165) is 53.4 Å². The number of halogens is 1. The number of nitrogens with one attached hydrogen (secondary N) is 1. The first-order valence-electron chi connectivity index (χ1n) is 8.49. The minimum atomic E-state index is 0.102. The van der Waals surface area contributed by atoms with E-state index in [9.17, 15) is 4.79 Å². The number of fused-ring (bicyclic) bond motifs is 1. The molecule has 2 aromatic carbocycles. The van der Waals surface area contributed by atoms with Gasteiger partial charge in [0.25, 0.3) is 5.91 Å². The Morgan fingerprint density at radius 3 is 2.64 bits per heavy atom. The van der Waals surface area contributed by atoms with E-state index < -0.39 is 0 Å². The van der Waals surface area contributed by atoms with Crippen LogP contribution in [0.1, 0.15) is 15.9 Å². The van der Waals surface area contributed by atoms with Crippen molar-refractivity contribution in [3.8, 4) is 0 Å². The maximum Gasteiger partial charge on any atom is 0.253 e. The number of piperazine rings is 1. The highest BCUT2D eigenvalue weighted by Gasteiger charge is 2.23. The predicted octanol–water partition coefficient (Wildman–Crippen LogP) is 4.09. The number of anilines is 1. The van der Waals surface area contributed by atoms with Crippen molar-refractivity contribution in [2.45, 2.75) is 6.92 Å². The Morgan fingerprint density at radius 2 is 1.84 bits per heavy atom. The monoisotopic (exact) mass is 353 g/mol. The van der Waals surface area contributed by atoms with E-state index in [1.165, 1.54) is 5.56 Å². The van der Waals surface area contributed by atoms with Gasteiger partial charge in [0, 0.05) is 59.6 Å². The van der Waals surface area contributed by atoms with Gasteiger partial charge < -0.3 is 14.8 Å². The molecule has 2 heterocycles. The lowest BCUT2D eigenvalue weighted by Gasteiger charge is -2.37. The number of amides is 1. The van der Waals surface area contributed by atoms with Crippen LogP contribution < -0.4 is 4.90 Å². The fourth-order valence-electron chi connectivity index (χ4n) is 3.44. The molecular weight excluding hydrogens is 334 g/mol. The number of H-pyrrole nitrogens is 1. The summed E-state index contributed by atoms with van der Waals surface area (Å²) in [4.78, 5) is 20.2. The number of aromatic nitrogens is 1. The van der Waals surface area contributed by atoms with Gasteiger partial charge in [-0.25, -0.2) is 0 Å². The van der Waals surface area contributed by atoms with Crippen molar-refractivity contribution in [1.82, 2.24) is 9.88 Å². The van der Waals surface area contributed by atoms with Crippen molar-refractivity contribution in [2.24, 2.45) is 0 Å². The third-order valence-corrected chi connectivity index (χ3v) is 5.11. The normalized spacial score (nSPS) is 15.0. The molecule has 0 atom stereocenters. The van der Waals surface area contributed by atoms with Crippen LogP contribution in [0.2, 0.25) is 5.02 Å². The first-order valence-corrected chi connectivity index (χ1v) is 8.87. The van der Waals surface area contributed by atoms with Crippen molar-refractivity contribution >= 4 is 34.1 Å². The van der Waals surface area contributed by atoms with Crippen molar-refractivity contribution in [3.63, 3.8) is 0 Å². The molecule has 1 amide bonds. The Hall–Kier alpha value is -2.46. The second-order valence-electron chi connectivity index (χ2n) is 6.49. The number of aryl methyl sites for hydroxylation is 1. The maximum absolute atomic E-state index is 12.8. The molecule has 128 valence electrons. The Labute approximate surface area is 152 Å². The van der Waals surface area contributed by atoms with Crippen LogP contribution in [0.5, 0.6) is 0 Å². The zero-order chi connectivity index (χ0) is 17.4. The predicted molar refractivity (Wildman–Crippen MR) is 103 cm³/mol. The summed E-state index contributed by atoms with van der Waals surface area (Å²) in [6.07, 6.45) is 1.89. The van der Waals surface area contributed by atoms with E-state index in [4.69, 9.17) is 11.6 Å². The van der Waals surface area contributed by atoms with Gasteiger partial charge >= 0.3 is 0 Å². The second-order valence-corrected chi connectivity index (χ2v) is 6.93. The van der Waals surface area contributed by atoms with E-state index in [1.54, 1.807) is 0 Å². The summed E-state index contributed by atoms with van der Waals surface area (Å²) in [6.45, 7) is 5.17. The van der Waals surface area contributed by atoms with Crippen LogP contribution in [-0.2, 0) is 0 Å². The van der Waals surface area contributed by atoms with Gasteiger partial charge in [-0.2, -0.15) is 0 Å². The molecule has 0 bridgehead atoms. The van der Waals surface area contributed by atoms with Crippen LogP contribution in [0.3, 0.4) is 0 Å². The minimum Gasteiger partial charge on any atom is -0.368 e. The van der Waals surface area contributed by atoms with Gasteiger partial charge in [0.1, 0.15) is 0 Å². The van der Waals surface area contributed by atoms with E-state index in [1.807, 2.05) is 53.6 Å². The molecule has 3 aromatic rings. The molecule has 1 fully saturated rings. The fraction of sp³-hybridized carbons (Fsp3) is 0.250. The van der Waals surface area contributed by atoms with Gasteiger partial charge in [-0.05, 0) is 48.9 Å². The molecule has 0 unspecified atom stereocenters. The highest BCUT2D eigenvalue weighted by molar-refractivity contribution is 6.30. The standard InChI is InChI=1S/C20H20ClN3O/c1-14-2-4-17(21)13-19(14)23-8-10-24(11-9-23)20(25)16-3-5-18-15(12-16)6-7-22-18/h2-7,12-13,22H,8-11H2,1H3. The smallest absolute Gasteiger partial charge is 0.253 e. The lowest BCUT2D eigenvalue weighted by atomic mass is 10.1. The SMILES string of the molecule is Cc1ccc(Cl)cc1N1CCN(C(=O)c2ccc3[nH]ccc3c2)CC1. The molecule has 0 saturated carbocycles. The number of carbonyl (C=O) groups is 1. The number of rotatable bonds is 2. The quantitative estimate of drug-likeness (QED) is 0.753. The molecule has 1 saturated heterocycles. The molecule has 1 aromatic heterocycles. The third kappa shape index (κ3) is 3.10. The Balaban J connectivity index is 1.47. The number of benzene rings is 2. The van der Waals surface area contributed by atoms with Crippen LogP contribution >= 0.6 is 11.6 Å². The van der Waals surface area contributed by atoms with Gasteiger partial charge in [0.2, 0.25) is 0 Å². The molecule has 4 rings (SSSR count). The Morgan fingerprint density at radius 1 is 1.04 bits per heavy atom. The third-order valence-electron chi connectivity index (χ3n) is 4.88. The Kier molecular flexibility index (Phi) is 4.14. The molecule has 5 heteroatoms.